The average Bonchev–Trinajstić information content (AvgIpc) is 2.36. The quantitative estimate of drug-likeness (QED) is 0.716. The zero-order valence-corrected chi connectivity index (χ0v) is 9.50. The molecule has 1 aliphatic rings. The van der Waals surface area contributed by atoms with Gasteiger partial charge in [-0.25, -0.2) is 4.79 Å². The molecule has 0 unspecified atom stereocenters. The Morgan fingerprint density at radius 2 is 1.93 bits per heavy atom. The second-order valence-corrected chi connectivity index (χ2v) is 9.84. The second kappa shape index (κ2) is 2.95. The van der Waals surface area contributed by atoms with Crippen molar-refractivity contribution in [1.29, 1.82) is 0 Å². The van der Waals surface area contributed by atoms with E-state index in [0.717, 1.165) is 6.04 Å². The highest BCUT2D eigenvalue weighted by atomic mass is 28.3. The first kappa shape index (κ1) is 9.46. The molecule has 2 rings (SSSR count). The lowest BCUT2D eigenvalue weighted by atomic mass is 10.1. The van der Waals surface area contributed by atoms with Gasteiger partial charge in [0.05, 0.1) is 13.6 Å². The zero-order chi connectivity index (χ0) is 10.3. The number of hydrogen-bond acceptors (Lipinski definition) is 1. The molecule has 1 aliphatic heterocycles. The van der Waals surface area contributed by atoms with Crippen LogP contribution in [0.25, 0.3) is 0 Å². The van der Waals surface area contributed by atoms with E-state index in [1.165, 1.54) is 17.2 Å². The van der Waals surface area contributed by atoms with E-state index in [9.17, 15) is 4.79 Å². The van der Waals surface area contributed by atoms with Gasteiger partial charge in [-0.3, -0.25) is 0 Å². The number of fused-ring (bicyclic) bond motifs is 1. The van der Waals surface area contributed by atoms with Gasteiger partial charge in [0.2, 0.25) is 0 Å². The molecule has 0 saturated carbocycles. The molecule has 0 amide bonds. The number of rotatable bonds is 1. The molecular formula is C11H14O2Si. The topological polar surface area (TPSA) is 37.3 Å². The van der Waals surface area contributed by atoms with Crippen LogP contribution < -0.4 is 0 Å². The van der Waals surface area contributed by atoms with Crippen LogP contribution in [-0.4, -0.2) is 19.1 Å². The summed E-state index contributed by atoms with van der Waals surface area (Å²) < 4.78 is 0. The van der Waals surface area contributed by atoms with Crippen LogP contribution in [0.15, 0.2) is 18.2 Å². The van der Waals surface area contributed by atoms with Crippen molar-refractivity contribution in [3.63, 3.8) is 0 Å². The fourth-order valence-corrected chi connectivity index (χ4v) is 5.05. The maximum atomic E-state index is 10.8. The number of hydrogen-bond donors (Lipinski definition) is 1. The number of carboxylic acid groups (broad SMARTS) is 1. The van der Waals surface area contributed by atoms with E-state index in [0.29, 0.717) is 5.56 Å². The lowest BCUT2D eigenvalue weighted by molar-refractivity contribution is 0.0697. The Labute approximate surface area is 84.6 Å². The van der Waals surface area contributed by atoms with Crippen LogP contribution in [0.4, 0.5) is 0 Å². The van der Waals surface area contributed by atoms with Crippen molar-refractivity contribution in [3.8, 4) is 0 Å². The number of aromatic carboxylic acids is 1. The summed E-state index contributed by atoms with van der Waals surface area (Å²) in [6.45, 7) is 4.71. The largest absolute Gasteiger partial charge is 0.478 e. The van der Waals surface area contributed by atoms with Crippen molar-refractivity contribution in [3.05, 3.63) is 34.9 Å². The lowest BCUT2D eigenvalue weighted by Gasteiger charge is -2.11. The van der Waals surface area contributed by atoms with E-state index >= 15 is 0 Å². The molecule has 3 heteroatoms. The van der Waals surface area contributed by atoms with Gasteiger partial charge in [-0.05, 0) is 35.3 Å². The second-order valence-electron chi connectivity index (χ2n) is 4.81. The first-order valence-corrected chi connectivity index (χ1v) is 8.24. The van der Waals surface area contributed by atoms with E-state index in [1.54, 1.807) is 6.07 Å². The molecule has 0 saturated heterocycles. The smallest absolute Gasteiger partial charge is 0.335 e. The van der Waals surface area contributed by atoms with Gasteiger partial charge < -0.3 is 5.11 Å². The molecule has 1 heterocycles. The van der Waals surface area contributed by atoms with Crippen LogP contribution in [0.2, 0.25) is 13.1 Å². The Balaban J connectivity index is 2.40. The van der Waals surface area contributed by atoms with E-state index < -0.39 is 14.0 Å². The molecule has 1 aromatic rings. The fraction of sp³-hybridized carbons (Fsp3) is 0.364. The van der Waals surface area contributed by atoms with E-state index in [-0.39, 0.29) is 0 Å². The van der Waals surface area contributed by atoms with Crippen molar-refractivity contribution >= 4 is 14.0 Å². The van der Waals surface area contributed by atoms with Crippen LogP contribution >= 0.6 is 0 Å². The van der Waals surface area contributed by atoms with Crippen LogP contribution in [0.3, 0.4) is 0 Å². The Morgan fingerprint density at radius 3 is 2.57 bits per heavy atom. The molecule has 1 aromatic carbocycles. The minimum atomic E-state index is -1.10. The summed E-state index contributed by atoms with van der Waals surface area (Å²) in [5.74, 6) is -0.820. The van der Waals surface area contributed by atoms with Crippen molar-refractivity contribution in [2.75, 3.05) is 0 Å². The molecule has 0 spiro atoms. The van der Waals surface area contributed by atoms with Crippen LogP contribution in [0.1, 0.15) is 21.5 Å². The number of benzene rings is 1. The summed E-state index contributed by atoms with van der Waals surface area (Å²) in [5.41, 5.74) is 3.06. The summed E-state index contributed by atoms with van der Waals surface area (Å²) in [7, 11) is -1.10. The molecule has 0 aliphatic carbocycles. The van der Waals surface area contributed by atoms with Crippen molar-refractivity contribution in [2.45, 2.75) is 25.2 Å². The molecule has 0 aromatic heterocycles. The summed E-state index contributed by atoms with van der Waals surface area (Å²) in [5, 5.41) is 8.86. The molecule has 0 bridgehead atoms. The third kappa shape index (κ3) is 1.59. The summed E-state index contributed by atoms with van der Waals surface area (Å²) in [4.78, 5) is 10.8. The normalized spacial score (nSPS) is 17.9. The molecular weight excluding hydrogens is 192 g/mol. The Morgan fingerprint density at radius 1 is 1.29 bits per heavy atom. The molecule has 74 valence electrons. The van der Waals surface area contributed by atoms with Gasteiger partial charge in [0.25, 0.3) is 0 Å². The molecule has 1 N–H and O–H groups in total. The van der Waals surface area contributed by atoms with Gasteiger partial charge in [-0.15, -0.1) is 0 Å². The van der Waals surface area contributed by atoms with Crippen molar-refractivity contribution in [1.82, 2.24) is 0 Å². The van der Waals surface area contributed by atoms with Gasteiger partial charge in [0, 0.05) is 0 Å². The average molecular weight is 206 g/mol. The standard InChI is InChI=1S/C11H14O2Si/c1-14(2)6-9-4-3-8(11(12)13)5-10(9)7-14/h3-5H,6-7H2,1-2H3,(H,12,13). The molecule has 0 radical (unpaired) electrons. The predicted molar refractivity (Wildman–Crippen MR) is 58.3 cm³/mol. The maximum absolute atomic E-state index is 10.8. The minimum Gasteiger partial charge on any atom is -0.478 e. The van der Waals surface area contributed by atoms with Crippen LogP contribution in [0, 0.1) is 0 Å². The monoisotopic (exact) mass is 206 g/mol. The van der Waals surface area contributed by atoms with E-state index in [1.807, 2.05) is 12.1 Å². The summed E-state index contributed by atoms with van der Waals surface area (Å²) in [6.07, 6.45) is 0. The summed E-state index contributed by atoms with van der Waals surface area (Å²) >= 11 is 0. The first-order valence-electron chi connectivity index (χ1n) is 4.83. The van der Waals surface area contributed by atoms with Crippen LogP contribution in [-0.2, 0) is 12.1 Å². The van der Waals surface area contributed by atoms with E-state index in [2.05, 4.69) is 13.1 Å². The Kier molecular flexibility index (Phi) is 1.99. The van der Waals surface area contributed by atoms with Gasteiger partial charge >= 0.3 is 5.97 Å². The predicted octanol–water partition coefficient (Wildman–Crippen LogP) is 2.27. The zero-order valence-electron chi connectivity index (χ0n) is 8.50. The van der Waals surface area contributed by atoms with Crippen LogP contribution in [0.5, 0.6) is 0 Å². The van der Waals surface area contributed by atoms with E-state index in [4.69, 9.17) is 5.11 Å². The van der Waals surface area contributed by atoms with Gasteiger partial charge in [0.15, 0.2) is 0 Å². The van der Waals surface area contributed by atoms with Gasteiger partial charge in [-0.1, -0.05) is 19.2 Å². The number of carboxylic acids is 1. The fourth-order valence-electron chi connectivity index (χ4n) is 2.19. The third-order valence-electron chi connectivity index (χ3n) is 2.79. The summed E-state index contributed by atoms with van der Waals surface area (Å²) in [6, 6.07) is 7.88. The highest BCUT2D eigenvalue weighted by Gasteiger charge is 2.30. The molecule has 2 nitrogen and oxygen atoms in total. The number of carbonyl (C=O) groups is 1. The highest BCUT2D eigenvalue weighted by molar-refractivity contribution is 6.77. The van der Waals surface area contributed by atoms with Crippen molar-refractivity contribution in [2.24, 2.45) is 0 Å². The van der Waals surface area contributed by atoms with Crippen molar-refractivity contribution < 1.29 is 9.90 Å². The highest BCUT2D eigenvalue weighted by Crippen LogP contribution is 2.29. The molecule has 0 fully saturated rings. The third-order valence-corrected chi connectivity index (χ3v) is 5.47. The minimum absolute atomic E-state index is 0.426. The first-order chi connectivity index (χ1) is 6.48. The van der Waals surface area contributed by atoms with Gasteiger partial charge in [0.1, 0.15) is 0 Å². The SMILES string of the molecule is C[Si]1(C)Cc2ccc(C(=O)O)cc2C1. The Bertz CT molecular complexity index is 396. The molecule has 14 heavy (non-hydrogen) atoms. The molecule has 0 atom stereocenters. The Hall–Kier alpha value is -1.09. The lowest BCUT2D eigenvalue weighted by Crippen LogP contribution is -2.26. The van der Waals surface area contributed by atoms with Gasteiger partial charge in [-0.2, -0.15) is 0 Å². The maximum Gasteiger partial charge on any atom is 0.335 e.